The number of nitrogens with one attached hydrogen (secondary N) is 1. The van der Waals surface area contributed by atoms with Crippen LogP contribution in [0.1, 0.15) is 44.2 Å². The van der Waals surface area contributed by atoms with E-state index < -0.39 is 0 Å². The minimum Gasteiger partial charge on any atom is -0.504 e. The molecule has 1 aromatic rings. The smallest absolute Gasteiger partial charge is 0.160 e. The summed E-state index contributed by atoms with van der Waals surface area (Å²) in [6.07, 6.45) is 4.85. The summed E-state index contributed by atoms with van der Waals surface area (Å²) < 4.78 is 5.44. The van der Waals surface area contributed by atoms with Crippen molar-refractivity contribution in [3.8, 4) is 11.5 Å². The molecule has 0 bridgehead atoms. The molecule has 2 atom stereocenters. The van der Waals surface area contributed by atoms with Crippen LogP contribution in [0.5, 0.6) is 11.5 Å². The van der Waals surface area contributed by atoms with Gasteiger partial charge in [0, 0.05) is 30.9 Å². The molecule has 1 aliphatic carbocycles. The zero-order valence-corrected chi connectivity index (χ0v) is 13.1. The summed E-state index contributed by atoms with van der Waals surface area (Å²) in [7, 11) is 0. The number of rotatable bonds is 7. The molecular formula is C17H27NO3. The van der Waals surface area contributed by atoms with Gasteiger partial charge in [-0.2, -0.15) is 0 Å². The lowest BCUT2D eigenvalue weighted by molar-refractivity contribution is 0.133. The number of phenolic OH excluding ortho intramolecular Hbond substituents is 2. The summed E-state index contributed by atoms with van der Waals surface area (Å²) in [5.41, 5.74) is 2.06. The fraction of sp³-hybridized carbons (Fsp3) is 0.647. The van der Waals surface area contributed by atoms with Gasteiger partial charge in [-0.05, 0) is 50.7 Å². The second-order valence-electron chi connectivity index (χ2n) is 5.77. The van der Waals surface area contributed by atoms with Gasteiger partial charge >= 0.3 is 0 Å². The molecule has 0 fully saturated rings. The zero-order chi connectivity index (χ0) is 15.2. The van der Waals surface area contributed by atoms with E-state index in [-0.39, 0.29) is 11.5 Å². The van der Waals surface area contributed by atoms with Crippen molar-refractivity contribution >= 4 is 0 Å². The first-order valence-corrected chi connectivity index (χ1v) is 8.02. The average molecular weight is 293 g/mol. The van der Waals surface area contributed by atoms with E-state index in [1.54, 1.807) is 6.07 Å². The van der Waals surface area contributed by atoms with E-state index in [4.69, 9.17) is 4.74 Å². The van der Waals surface area contributed by atoms with Crippen LogP contribution in [0, 0.1) is 0 Å². The summed E-state index contributed by atoms with van der Waals surface area (Å²) in [6, 6.07) is 4.43. The molecule has 0 aromatic heterocycles. The lowest BCUT2D eigenvalue weighted by Crippen LogP contribution is -2.41. The Morgan fingerprint density at radius 1 is 1.33 bits per heavy atom. The summed E-state index contributed by atoms with van der Waals surface area (Å²) in [5.74, 6) is 0.0534. The number of phenols is 2. The fourth-order valence-electron chi connectivity index (χ4n) is 3.07. The maximum atomic E-state index is 9.91. The Balaban J connectivity index is 1.93. The van der Waals surface area contributed by atoms with Crippen molar-refractivity contribution in [2.45, 2.75) is 58.0 Å². The Hall–Kier alpha value is -1.26. The van der Waals surface area contributed by atoms with Gasteiger partial charge in [-0.3, -0.25) is 0 Å². The maximum absolute atomic E-state index is 9.91. The SMILES string of the molecule is CCOCCC(CC)NC1CCc2c(ccc(O)c2O)C1. The van der Waals surface area contributed by atoms with Gasteiger partial charge in [0.05, 0.1) is 0 Å². The van der Waals surface area contributed by atoms with Crippen LogP contribution in [0.25, 0.3) is 0 Å². The fourth-order valence-corrected chi connectivity index (χ4v) is 3.07. The highest BCUT2D eigenvalue weighted by Gasteiger charge is 2.23. The Morgan fingerprint density at radius 3 is 2.86 bits per heavy atom. The Morgan fingerprint density at radius 2 is 2.14 bits per heavy atom. The van der Waals surface area contributed by atoms with Crippen molar-refractivity contribution in [2.24, 2.45) is 0 Å². The molecule has 1 aromatic carbocycles. The van der Waals surface area contributed by atoms with Gasteiger partial charge in [-0.25, -0.2) is 0 Å². The molecule has 2 unspecified atom stereocenters. The zero-order valence-electron chi connectivity index (χ0n) is 13.1. The van der Waals surface area contributed by atoms with Crippen LogP contribution < -0.4 is 5.32 Å². The molecule has 2 rings (SSSR count). The summed E-state index contributed by atoms with van der Waals surface area (Å²) in [6.45, 7) is 5.80. The van der Waals surface area contributed by atoms with Crippen LogP contribution in [0.15, 0.2) is 12.1 Å². The Bertz CT molecular complexity index is 462. The highest BCUT2D eigenvalue weighted by molar-refractivity contribution is 5.50. The van der Waals surface area contributed by atoms with E-state index in [1.807, 2.05) is 13.0 Å². The van der Waals surface area contributed by atoms with E-state index in [9.17, 15) is 10.2 Å². The molecule has 0 aliphatic heterocycles. The molecular weight excluding hydrogens is 266 g/mol. The molecule has 1 aliphatic rings. The normalized spacial score (nSPS) is 19.2. The first-order chi connectivity index (χ1) is 10.2. The first-order valence-electron chi connectivity index (χ1n) is 8.02. The number of aromatic hydroxyl groups is 2. The molecule has 0 saturated carbocycles. The van der Waals surface area contributed by atoms with Crippen LogP contribution in [-0.2, 0) is 17.6 Å². The minimum atomic E-state index is -0.0108. The molecule has 0 amide bonds. The predicted molar refractivity (Wildman–Crippen MR) is 83.9 cm³/mol. The molecule has 21 heavy (non-hydrogen) atoms. The third kappa shape index (κ3) is 4.11. The van der Waals surface area contributed by atoms with Crippen LogP contribution in [0.4, 0.5) is 0 Å². The van der Waals surface area contributed by atoms with Gasteiger partial charge in [0.15, 0.2) is 11.5 Å². The largest absolute Gasteiger partial charge is 0.504 e. The van der Waals surface area contributed by atoms with E-state index in [0.29, 0.717) is 12.1 Å². The van der Waals surface area contributed by atoms with Crippen LogP contribution >= 0.6 is 0 Å². The molecule has 0 saturated heterocycles. The van der Waals surface area contributed by atoms with Crippen LogP contribution in [0.3, 0.4) is 0 Å². The van der Waals surface area contributed by atoms with Gasteiger partial charge < -0.3 is 20.3 Å². The summed E-state index contributed by atoms with van der Waals surface area (Å²) in [5, 5.41) is 23.2. The summed E-state index contributed by atoms with van der Waals surface area (Å²) >= 11 is 0. The average Bonchev–Trinajstić information content (AvgIpc) is 2.50. The van der Waals surface area contributed by atoms with Gasteiger partial charge in [0.25, 0.3) is 0 Å². The highest BCUT2D eigenvalue weighted by Crippen LogP contribution is 2.35. The Labute approximate surface area is 127 Å². The molecule has 3 N–H and O–H groups in total. The van der Waals surface area contributed by atoms with Crippen molar-refractivity contribution in [2.75, 3.05) is 13.2 Å². The van der Waals surface area contributed by atoms with Crippen LogP contribution in [0.2, 0.25) is 0 Å². The second kappa shape index (κ2) is 7.66. The monoisotopic (exact) mass is 293 g/mol. The number of ether oxygens (including phenoxy) is 1. The first kappa shape index (κ1) is 16.1. The van der Waals surface area contributed by atoms with Crippen molar-refractivity contribution in [3.05, 3.63) is 23.3 Å². The lowest BCUT2D eigenvalue weighted by Gasteiger charge is -2.30. The van der Waals surface area contributed by atoms with E-state index >= 15 is 0 Å². The highest BCUT2D eigenvalue weighted by atomic mass is 16.5. The second-order valence-corrected chi connectivity index (χ2v) is 5.77. The maximum Gasteiger partial charge on any atom is 0.160 e. The molecule has 118 valence electrons. The van der Waals surface area contributed by atoms with Gasteiger partial charge in [-0.15, -0.1) is 0 Å². The third-order valence-corrected chi connectivity index (χ3v) is 4.35. The molecule has 0 spiro atoms. The standard InChI is InChI=1S/C17H27NO3/c1-3-13(9-10-21-4-2)18-14-6-7-15-12(11-14)5-8-16(19)17(15)20/h5,8,13-14,18-20H,3-4,6-7,9-11H2,1-2H3. The third-order valence-electron chi connectivity index (χ3n) is 4.35. The Kier molecular flexibility index (Phi) is 5.88. The van der Waals surface area contributed by atoms with Crippen molar-refractivity contribution < 1.29 is 14.9 Å². The number of hydrogen-bond acceptors (Lipinski definition) is 4. The number of hydrogen-bond donors (Lipinski definition) is 3. The topological polar surface area (TPSA) is 61.7 Å². The van der Waals surface area contributed by atoms with Gasteiger partial charge in [0.2, 0.25) is 0 Å². The van der Waals surface area contributed by atoms with Gasteiger partial charge in [0.1, 0.15) is 0 Å². The van der Waals surface area contributed by atoms with E-state index in [1.165, 1.54) is 0 Å². The summed E-state index contributed by atoms with van der Waals surface area (Å²) in [4.78, 5) is 0. The van der Waals surface area contributed by atoms with Crippen LogP contribution in [-0.4, -0.2) is 35.5 Å². The minimum absolute atomic E-state index is 0.0108. The van der Waals surface area contributed by atoms with Crippen molar-refractivity contribution in [1.82, 2.24) is 5.32 Å². The lowest BCUT2D eigenvalue weighted by atomic mass is 9.87. The van der Waals surface area contributed by atoms with E-state index in [2.05, 4.69) is 12.2 Å². The number of fused-ring (bicyclic) bond motifs is 1. The molecule has 0 heterocycles. The molecule has 0 radical (unpaired) electrons. The quantitative estimate of drug-likeness (QED) is 0.534. The van der Waals surface area contributed by atoms with Crippen molar-refractivity contribution in [1.29, 1.82) is 0 Å². The van der Waals surface area contributed by atoms with E-state index in [0.717, 1.165) is 56.4 Å². The van der Waals surface area contributed by atoms with Gasteiger partial charge in [-0.1, -0.05) is 13.0 Å². The number of benzene rings is 1. The molecule has 4 heteroatoms. The predicted octanol–water partition coefficient (Wildman–Crippen LogP) is 2.75. The van der Waals surface area contributed by atoms with Crippen molar-refractivity contribution in [3.63, 3.8) is 0 Å². The molecule has 4 nitrogen and oxygen atoms in total.